The second kappa shape index (κ2) is 8.70. The first-order chi connectivity index (χ1) is 14.6. The number of methoxy groups -OCH3 is 1. The zero-order valence-electron chi connectivity index (χ0n) is 16.6. The first-order valence-electron chi connectivity index (χ1n) is 9.65. The van der Waals surface area contributed by atoms with Crippen LogP contribution in [0.5, 0.6) is 0 Å². The fraction of sp³-hybridized carbons (Fsp3) is 0.261. The second-order valence-corrected chi connectivity index (χ2v) is 7.79. The van der Waals surface area contributed by atoms with Gasteiger partial charge >= 0.3 is 5.97 Å². The number of halogens is 1. The van der Waals surface area contributed by atoms with Gasteiger partial charge in [-0.05, 0) is 35.4 Å². The quantitative estimate of drug-likeness (QED) is 0.590. The number of hydrogen-bond donors (Lipinski definition) is 0. The summed E-state index contributed by atoms with van der Waals surface area (Å²) in [5.74, 6) is -0.274. The van der Waals surface area contributed by atoms with Crippen LogP contribution < -0.4 is 0 Å². The molecule has 6 nitrogen and oxygen atoms in total. The summed E-state index contributed by atoms with van der Waals surface area (Å²) in [6.07, 6.45) is 2.32. The highest BCUT2D eigenvalue weighted by atomic mass is 35.5. The summed E-state index contributed by atoms with van der Waals surface area (Å²) < 4.78 is 7.17. The summed E-state index contributed by atoms with van der Waals surface area (Å²) >= 11 is 6.00. The van der Waals surface area contributed by atoms with Gasteiger partial charge in [0.25, 0.3) is 0 Å². The van der Waals surface area contributed by atoms with Crippen molar-refractivity contribution >= 4 is 17.6 Å². The summed E-state index contributed by atoms with van der Waals surface area (Å²) in [5.41, 5.74) is 4.72. The lowest BCUT2D eigenvalue weighted by atomic mass is 10.0. The van der Waals surface area contributed by atoms with Gasteiger partial charge in [-0.1, -0.05) is 35.9 Å². The monoisotopic (exact) mass is 420 g/mol. The van der Waals surface area contributed by atoms with E-state index in [2.05, 4.69) is 20.5 Å². The molecule has 1 aliphatic heterocycles. The van der Waals surface area contributed by atoms with Gasteiger partial charge in [0.1, 0.15) is 6.04 Å². The van der Waals surface area contributed by atoms with Crippen molar-refractivity contribution < 1.29 is 9.53 Å². The molecule has 152 valence electrons. The van der Waals surface area contributed by atoms with Gasteiger partial charge in [-0.2, -0.15) is 5.26 Å². The molecule has 0 saturated carbocycles. The van der Waals surface area contributed by atoms with E-state index in [1.54, 1.807) is 6.07 Å². The molecule has 1 aliphatic rings. The van der Waals surface area contributed by atoms with Gasteiger partial charge in [0.05, 0.1) is 36.5 Å². The van der Waals surface area contributed by atoms with E-state index in [0.717, 1.165) is 22.5 Å². The average Bonchev–Trinajstić information content (AvgIpc) is 3.16. The first-order valence-corrected chi connectivity index (χ1v) is 10.0. The molecule has 1 atom stereocenters. The van der Waals surface area contributed by atoms with Crippen LogP contribution in [0.25, 0.3) is 0 Å². The van der Waals surface area contributed by atoms with Crippen molar-refractivity contribution in [2.75, 3.05) is 7.11 Å². The minimum Gasteiger partial charge on any atom is -0.468 e. The zero-order valence-corrected chi connectivity index (χ0v) is 17.3. The molecule has 0 amide bonds. The molecule has 2 aromatic carbocycles. The van der Waals surface area contributed by atoms with Crippen molar-refractivity contribution in [2.45, 2.75) is 32.1 Å². The number of imidazole rings is 1. The molecule has 0 spiro atoms. The second-order valence-electron chi connectivity index (χ2n) is 7.35. The van der Waals surface area contributed by atoms with E-state index < -0.39 is 6.04 Å². The highest BCUT2D eigenvalue weighted by Gasteiger charge is 2.34. The number of carbonyl (C=O) groups excluding carboxylic acids is 1. The Bertz CT molecular complexity index is 1100. The molecule has 0 unspecified atom stereocenters. The summed E-state index contributed by atoms with van der Waals surface area (Å²) in [7, 11) is 1.41. The van der Waals surface area contributed by atoms with Gasteiger partial charge in [-0.15, -0.1) is 0 Å². The highest BCUT2D eigenvalue weighted by Crippen LogP contribution is 2.26. The normalized spacial score (nSPS) is 16.0. The number of hydrogen-bond acceptors (Lipinski definition) is 5. The maximum Gasteiger partial charge on any atom is 0.323 e. The fourth-order valence-electron chi connectivity index (χ4n) is 3.85. The average molecular weight is 421 g/mol. The minimum absolute atomic E-state index is 0.274. The SMILES string of the molecule is COC(=O)[C@@H]1Cc2ncn(Cc3ccc(Cl)cc3)c2CN1Cc1cccc(C#N)c1. The number of benzene rings is 2. The van der Waals surface area contributed by atoms with Crippen LogP contribution >= 0.6 is 11.6 Å². The number of rotatable bonds is 5. The number of ether oxygens (including phenoxy) is 1. The van der Waals surface area contributed by atoms with Crippen LogP contribution in [0.4, 0.5) is 0 Å². The standard InChI is InChI=1S/C23H21ClN4O2/c1-30-23(29)21-10-20-22(14-27(21)13-18-4-2-3-17(9-18)11-25)28(15-26-20)12-16-5-7-19(24)8-6-16/h2-9,15,21H,10,12-14H2,1H3/t21-/m0/s1. The molecule has 0 aliphatic carbocycles. The van der Waals surface area contributed by atoms with Crippen molar-refractivity contribution in [3.8, 4) is 6.07 Å². The van der Waals surface area contributed by atoms with Crippen LogP contribution in [0.15, 0.2) is 54.9 Å². The summed E-state index contributed by atoms with van der Waals surface area (Å²) in [4.78, 5) is 19.1. The van der Waals surface area contributed by atoms with Gasteiger partial charge in [0, 0.05) is 31.1 Å². The number of esters is 1. The Labute approximate surface area is 180 Å². The summed E-state index contributed by atoms with van der Waals surface area (Å²) in [6.45, 7) is 1.79. The van der Waals surface area contributed by atoms with Crippen molar-refractivity contribution in [1.82, 2.24) is 14.5 Å². The third-order valence-corrected chi connectivity index (χ3v) is 5.65. The van der Waals surface area contributed by atoms with E-state index in [1.807, 2.05) is 48.8 Å². The van der Waals surface area contributed by atoms with E-state index in [4.69, 9.17) is 16.3 Å². The van der Waals surface area contributed by atoms with Gasteiger partial charge in [-0.25, -0.2) is 4.98 Å². The molecule has 2 heterocycles. The Balaban J connectivity index is 1.61. The van der Waals surface area contributed by atoms with Crippen molar-refractivity contribution in [3.63, 3.8) is 0 Å². The number of carbonyl (C=O) groups is 1. The van der Waals surface area contributed by atoms with Crippen molar-refractivity contribution in [2.24, 2.45) is 0 Å². The van der Waals surface area contributed by atoms with Gasteiger partial charge in [0.2, 0.25) is 0 Å². The molecule has 30 heavy (non-hydrogen) atoms. The van der Waals surface area contributed by atoms with Crippen LogP contribution in [0.3, 0.4) is 0 Å². The molecule has 4 rings (SSSR count). The molecule has 3 aromatic rings. The topological polar surface area (TPSA) is 71.2 Å². The molecule has 0 radical (unpaired) electrons. The molecule has 0 bridgehead atoms. The summed E-state index contributed by atoms with van der Waals surface area (Å²) in [5, 5.41) is 9.89. The van der Waals surface area contributed by atoms with Gasteiger partial charge in [-0.3, -0.25) is 9.69 Å². The van der Waals surface area contributed by atoms with Crippen LogP contribution in [-0.2, 0) is 35.6 Å². The van der Waals surface area contributed by atoms with E-state index in [-0.39, 0.29) is 5.97 Å². The third-order valence-electron chi connectivity index (χ3n) is 5.39. The Hall–Kier alpha value is -3.14. The fourth-order valence-corrected chi connectivity index (χ4v) is 3.97. The summed E-state index contributed by atoms with van der Waals surface area (Å²) in [6, 6.07) is 17.0. The highest BCUT2D eigenvalue weighted by molar-refractivity contribution is 6.30. The van der Waals surface area contributed by atoms with E-state index in [0.29, 0.717) is 36.6 Å². The molecule has 1 aromatic heterocycles. The maximum absolute atomic E-state index is 12.5. The van der Waals surface area contributed by atoms with Crippen molar-refractivity contribution in [1.29, 1.82) is 5.26 Å². The number of fused-ring (bicyclic) bond motifs is 1. The minimum atomic E-state index is -0.410. The predicted molar refractivity (Wildman–Crippen MR) is 113 cm³/mol. The maximum atomic E-state index is 12.5. The largest absolute Gasteiger partial charge is 0.468 e. The van der Waals surface area contributed by atoms with Crippen molar-refractivity contribution in [3.05, 3.63) is 88.0 Å². The number of aromatic nitrogens is 2. The van der Waals surface area contributed by atoms with Crippen LogP contribution in [0.2, 0.25) is 5.02 Å². The molecule has 7 heteroatoms. The van der Waals surface area contributed by atoms with Crippen LogP contribution in [-0.4, -0.2) is 33.6 Å². The van der Waals surface area contributed by atoms with Crippen LogP contribution in [0, 0.1) is 11.3 Å². The Morgan fingerprint density at radius 1 is 1.23 bits per heavy atom. The van der Waals surface area contributed by atoms with Gasteiger partial charge < -0.3 is 9.30 Å². The lowest BCUT2D eigenvalue weighted by molar-refractivity contribution is -0.148. The number of nitriles is 1. The lowest BCUT2D eigenvalue weighted by Crippen LogP contribution is -2.46. The smallest absolute Gasteiger partial charge is 0.323 e. The predicted octanol–water partition coefficient (Wildman–Crippen LogP) is 3.56. The first kappa shape index (κ1) is 20.1. The molecule has 0 N–H and O–H groups in total. The Kier molecular flexibility index (Phi) is 5.84. The van der Waals surface area contributed by atoms with Crippen LogP contribution in [0.1, 0.15) is 28.1 Å². The van der Waals surface area contributed by atoms with E-state index in [9.17, 15) is 10.1 Å². The molecular weight excluding hydrogens is 400 g/mol. The van der Waals surface area contributed by atoms with E-state index in [1.165, 1.54) is 7.11 Å². The number of nitrogens with zero attached hydrogens (tertiary/aromatic N) is 4. The Morgan fingerprint density at radius 3 is 2.77 bits per heavy atom. The van der Waals surface area contributed by atoms with E-state index >= 15 is 0 Å². The third kappa shape index (κ3) is 4.23. The molecule has 0 fully saturated rings. The molecule has 0 saturated heterocycles. The Morgan fingerprint density at radius 2 is 2.03 bits per heavy atom. The van der Waals surface area contributed by atoms with Gasteiger partial charge in [0.15, 0.2) is 0 Å². The molecular formula is C23H21ClN4O2. The lowest BCUT2D eigenvalue weighted by Gasteiger charge is -2.34. The zero-order chi connectivity index (χ0) is 21.1.